The lowest BCUT2D eigenvalue weighted by molar-refractivity contribution is 0.0765. The third kappa shape index (κ3) is 2.78. The number of pyridine rings is 1. The van der Waals surface area contributed by atoms with Crippen molar-refractivity contribution >= 4 is 27.7 Å². The molecule has 3 heterocycles. The quantitative estimate of drug-likeness (QED) is 0.505. The first-order chi connectivity index (χ1) is 13.6. The second-order valence-corrected chi connectivity index (χ2v) is 7.28. The summed E-state index contributed by atoms with van der Waals surface area (Å²) in [5, 5.41) is 11.5. The molecule has 4 aromatic rings. The minimum Gasteiger partial charge on any atom is -0.391 e. The Morgan fingerprint density at radius 3 is 2.64 bits per heavy atom. The number of aliphatic hydroxyl groups is 1. The molecule has 28 heavy (non-hydrogen) atoms. The highest BCUT2D eigenvalue weighted by molar-refractivity contribution is 5.99. The van der Waals surface area contributed by atoms with Gasteiger partial charge in [-0.2, -0.15) is 0 Å². The van der Waals surface area contributed by atoms with Crippen LogP contribution < -0.4 is 5.56 Å². The monoisotopic (exact) mass is 373 g/mol. The first kappa shape index (κ1) is 16.8. The van der Waals surface area contributed by atoms with Crippen LogP contribution >= 0.6 is 0 Å². The number of β-amino-alcohol motifs (C(OH)–C–C–N with tert-alkyl or cyclic N) is 1. The molecular weight excluding hydrogens is 354 g/mol. The van der Waals surface area contributed by atoms with Crippen molar-refractivity contribution in [1.29, 1.82) is 0 Å². The average Bonchev–Trinajstić information content (AvgIpc) is 3.32. The molecule has 2 aromatic carbocycles. The lowest BCUT2D eigenvalue weighted by atomic mass is 10.1. The van der Waals surface area contributed by atoms with Crippen LogP contribution in [0.1, 0.15) is 16.8 Å². The summed E-state index contributed by atoms with van der Waals surface area (Å²) in [5.74, 6) is -0.0789. The van der Waals surface area contributed by atoms with Crippen LogP contribution in [0.4, 0.5) is 0 Å². The molecule has 1 fully saturated rings. The van der Waals surface area contributed by atoms with Gasteiger partial charge in [0.25, 0.3) is 11.5 Å². The predicted octanol–water partition coefficient (Wildman–Crippen LogP) is 2.88. The molecule has 0 bridgehead atoms. The number of nitrogens with one attached hydrogen (secondary N) is 2. The fourth-order valence-corrected chi connectivity index (χ4v) is 3.87. The number of H-pyrrole nitrogens is 2. The maximum absolute atomic E-state index is 12.7. The Balaban J connectivity index is 1.55. The summed E-state index contributed by atoms with van der Waals surface area (Å²) in [7, 11) is 0. The van der Waals surface area contributed by atoms with E-state index in [9.17, 15) is 14.7 Å². The van der Waals surface area contributed by atoms with E-state index in [2.05, 4.69) is 9.97 Å². The molecule has 0 aliphatic carbocycles. The van der Waals surface area contributed by atoms with E-state index in [1.54, 1.807) is 11.0 Å². The third-order valence-electron chi connectivity index (χ3n) is 5.36. The predicted molar refractivity (Wildman–Crippen MR) is 108 cm³/mol. The smallest absolute Gasteiger partial charge is 0.257 e. The fraction of sp³-hybridized carbons (Fsp3) is 0.182. The normalized spacial score (nSPS) is 16.9. The van der Waals surface area contributed by atoms with Crippen LogP contribution in [0.25, 0.3) is 33.1 Å². The van der Waals surface area contributed by atoms with E-state index in [4.69, 9.17) is 0 Å². The number of likely N-dealkylation sites (tertiary alicyclic amines) is 1. The highest BCUT2D eigenvalue weighted by atomic mass is 16.3. The topological polar surface area (TPSA) is 89.2 Å². The van der Waals surface area contributed by atoms with Crippen molar-refractivity contribution in [3.05, 3.63) is 70.5 Å². The van der Waals surface area contributed by atoms with Gasteiger partial charge in [-0.15, -0.1) is 0 Å². The summed E-state index contributed by atoms with van der Waals surface area (Å²) in [5.41, 5.74) is 3.36. The fourth-order valence-electron chi connectivity index (χ4n) is 3.87. The Kier molecular flexibility index (Phi) is 3.80. The minimum absolute atomic E-state index is 0.0789. The maximum Gasteiger partial charge on any atom is 0.257 e. The molecule has 6 nitrogen and oxygen atoms in total. The molecule has 140 valence electrons. The zero-order valence-corrected chi connectivity index (χ0v) is 15.1. The number of rotatable bonds is 2. The largest absolute Gasteiger partial charge is 0.391 e. The van der Waals surface area contributed by atoms with E-state index < -0.39 is 6.10 Å². The van der Waals surface area contributed by atoms with Crippen LogP contribution in [0.3, 0.4) is 0 Å². The van der Waals surface area contributed by atoms with Gasteiger partial charge >= 0.3 is 0 Å². The van der Waals surface area contributed by atoms with Crippen molar-refractivity contribution in [2.24, 2.45) is 0 Å². The number of hydrogen-bond donors (Lipinski definition) is 3. The number of fused-ring (bicyclic) bond motifs is 2. The molecule has 3 N–H and O–H groups in total. The standard InChI is InChI=1S/C22H19N3O3/c26-16-7-8-25(12-16)22(28)14-5-6-19-15(9-14)11-20(23-19)17-10-13-3-1-2-4-18(13)24-21(17)27/h1-6,9-11,16,23,26H,7-8,12H2,(H,24,27). The van der Waals surface area contributed by atoms with Crippen LogP contribution in [0.2, 0.25) is 0 Å². The number of carbonyl (C=O) groups excluding carboxylic acids is 1. The number of para-hydroxylation sites is 1. The van der Waals surface area contributed by atoms with Gasteiger partial charge in [0.1, 0.15) is 0 Å². The number of benzene rings is 2. The summed E-state index contributed by atoms with van der Waals surface area (Å²) < 4.78 is 0. The van der Waals surface area contributed by atoms with Gasteiger partial charge in [-0.25, -0.2) is 0 Å². The molecule has 1 aliphatic heterocycles. The summed E-state index contributed by atoms with van der Waals surface area (Å²) in [6.07, 6.45) is 0.179. The Morgan fingerprint density at radius 2 is 1.82 bits per heavy atom. The molecule has 1 aliphatic rings. The van der Waals surface area contributed by atoms with Crippen LogP contribution in [0, 0.1) is 0 Å². The molecular formula is C22H19N3O3. The number of aromatic nitrogens is 2. The van der Waals surface area contributed by atoms with E-state index >= 15 is 0 Å². The van der Waals surface area contributed by atoms with Crippen molar-refractivity contribution in [3.63, 3.8) is 0 Å². The van der Waals surface area contributed by atoms with Gasteiger partial charge in [-0.1, -0.05) is 18.2 Å². The lowest BCUT2D eigenvalue weighted by Gasteiger charge is -2.15. The van der Waals surface area contributed by atoms with Gasteiger partial charge in [0.2, 0.25) is 0 Å². The van der Waals surface area contributed by atoms with E-state index in [0.29, 0.717) is 36.3 Å². The first-order valence-electron chi connectivity index (χ1n) is 9.31. The number of nitrogens with zero attached hydrogens (tertiary/aromatic N) is 1. The number of carbonyl (C=O) groups is 1. The van der Waals surface area contributed by atoms with Crippen LogP contribution in [0.5, 0.6) is 0 Å². The van der Waals surface area contributed by atoms with Crippen molar-refractivity contribution in [1.82, 2.24) is 14.9 Å². The molecule has 0 saturated carbocycles. The summed E-state index contributed by atoms with van der Waals surface area (Å²) >= 11 is 0. The number of aliphatic hydroxyl groups excluding tert-OH is 1. The van der Waals surface area contributed by atoms with Crippen LogP contribution in [0.15, 0.2) is 59.4 Å². The summed E-state index contributed by atoms with van der Waals surface area (Å²) in [4.78, 5) is 33.1. The maximum atomic E-state index is 12.7. The molecule has 0 radical (unpaired) electrons. The summed E-state index contributed by atoms with van der Waals surface area (Å²) in [6, 6.07) is 16.9. The van der Waals surface area contributed by atoms with Gasteiger partial charge in [0.15, 0.2) is 0 Å². The van der Waals surface area contributed by atoms with E-state index in [1.165, 1.54) is 0 Å². The van der Waals surface area contributed by atoms with Gasteiger partial charge in [0.05, 0.1) is 17.4 Å². The zero-order chi connectivity index (χ0) is 19.3. The van der Waals surface area contributed by atoms with Crippen molar-refractivity contribution in [2.45, 2.75) is 12.5 Å². The number of amides is 1. The zero-order valence-electron chi connectivity index (χ0n) is 15.1. The molecule has 2 aromatic heterocycles. The van der Waals surface area contributed by atoms with E-state index in [0.717, 1.165) is 21.8 Å². The second kappa shape index (κ2) is 6.35. The second-order valence-electron chi connectivity index (χ2n) is 7.28. The Morgan fingerprint density at radius 1 is 1.00 bits per heavy atom. The van der Waals surface area contributed by atoms with Gasteiger partial charge in [0, 0.05) is 35.1 Å². The molecule has 1 amide bonds. The van der Waals surface area contributed by atoms with Crippen molar-refractivity contribution in [3.8, 4) is 11.3 Å². The molecule has 6 heteroatoms. The van der Waals surface area contributed by atoms with Crippen LogP contribution in [-0.4, -0.2) is 45.1 Å². The minimum atomic E-state index is -0.439. The van der Waals surface area contributed by atoms with Crippen molar-refractivity contribution in [2.75, 3.05) is 13.1 Å². The Bertz CT molecular complexity index is 1270. The van der Waals surface area contributed by atoms with Crippen LogP contribution in [-0.2, 0) is 0 Å². The molecule has 1 saturated heterocycles. The SMILES string of the molecule is O=C(c1ccc2[nH]c(-c3cc4ccccc4[nH]c3=O)cc2c1)N1CCC(O)C1. The molecule has 1 atom stereocenters. The van der Waals surface area contributed by atoms with E-state index in [-0.39, 0.29) is 11.5 Å². The Hall–Kier alpha value is -3.38. The number of aromatic amines is 2. The summed E-state index contributed by atoms with van der Waals surface area (Å²) in [6.45, 7) is 0.949. The lowest BCUT2D eigenvalue weighted by Crippen LogP contribution is -2.29. The molecule has 0 spiro atoms. The van der Waals surface area contributed by atoms with Gasteiger partial charge < -0.3 is 20.0 Å². The van der Waals surface area contributed by atoms with Gasteiger partial charge in [-0.3, -0.25) is 9.59 Å². The number of hydrogen-bond acceptors (Lipinski definition) is 3. The molecule has 1 unspecified atom stereocenters. The average molecular weight is 373 g/mol. The first-order valence-corrected chi connectivity index (χ1v) is 9.31. The molecule has 5 rings (SSSR count). The Labute approximate surface area is 160 Å². The van der Waals surface area contributed by atoms with E-state index in [1.807, 2.05) is 48.5 Å². The highest BCUT2D eigenvalue weighted by Gasteiger charge is 2.25. The highest BCUT2D eigenvalue weighted by Crippen LogP contribution is 2.25. The van der Waals surface area contributed by atoms with Crippen molar-refractivity contribution < 1.29 is 9.90 Å². The third-order valence-corrected chi connectivity index (χ3v) is 5.36. The van der Waals surface area contributed by atoms with Gasteiger partial charge in [-0.05, 0) is 48.2 Å².